The van der Waals surface area contributed by atoms with Crippen LogP contribution in [0.3, 0.4) is 0 Å². The molecule has 6 heterocycles. The third-order valence-corrected chi connectivity index (χ3v) is 9.11. The molecule has 3 N–H and O–H groups in total. The Bertz CT molecular complexity index is 1760. The van der Waals surface area contributed by atoms with E-state index in [-0.39, 0.29) is 32.5 Å². The number of piperidine rings is 2. The summed E-state index contributed by atoms with van der Waals surface area (Å²) in [4.78, 5) is 58.1. The maximum Gasteiger partial charge on any atom is 0.387 e. The highest BCUT2D eigenvalue weighted by atomic mass is 16.5. The van der Waals surface area contributed by atoms with Crippen molar-refractivity contribution in [2.75, 3.05) is 69.8 Å². The molecule has 6 rings (SSSR count). The van der Waals surface area contributed by atoms with Crippen molar-refractivity contribution in [1.82, 2.24) is 40.1 Å². The number of likely N-dealkylation sites (tertiary alicyclic amines) is 1. The van der Waals surface area contributed by atoms with Crippen LogP contribution in [0, 0.1) is 25.0 Å². The van der Waals surface area contributed by atoms with Gasteiger partial charge in [-0.1, -0.05) is 21.3 Å². The van der Waals surface area contributed by atoms with E-state index in [1.54, 1.807) is 24.5 Å². The van der Waals surface area contributed by atoms with Crippen molar-refractivity contribution >= 4 is 45.6 Å². The number of nitrogens with one attached hydrogen (secondary N) is 3. The van der Waals surface area contributed by atoms with E-state index in [0.717, 1.165) is 59.8 Å². The van der Waals surface area contributed by atoms with E-state index in [0.29, 0.717) is 31.0 Å². The molecule has 2 saturated heterocycles. The van der Waals surface area contributed by atoms with Crippen LogP contribution in [0.5, 0.6) is 0 Å². The number of aromatic nitrogens is 6. The number of aromatic amines is 2. The maximum atomic E-state index is 12.0. The van der Waals surface area contributed by atoms with Gasteiger partial charge in [-0.15, -0.1) is 0 Å². The number of amides is 1. The van der Waals surface area contributed by atoms with Crippen molar-refractivity contribution in [2.24, 2.45) is 11.8 Å². The predicted octanol–water partition coefficient (Wildman–Crippen LogP) is 4.05. The molecule has 268 valence electrons. The van der Waals surface area contributed by atoms with Gasteiger partial charge in [0.2, 0.25) is 0 Å². The van der Waals surface area contributed by atoms with Gasteiger partial charge in [-0.25, -0.2) is 37.9 Å². The number of anilines is 2. The molecular weight excluding hydrogens is 636 g/mol. The average Bonchev–Trinajstić information content (AvgIpc) is 3.79. The van der Waals surface area contributed by atoms with Gasteiger partial charge in [0.05, 0.1) is 23.4 Å². The number of esters is 1. The van der Waals surface area contributed by atoms with Crippen molar-refractivity contribution in [3.8, 4) is 0 Å². The predicted molar refractivity (Wildman–Crippen MR) is 195 cm³/mol. The van der Waals surface area contributed by atoms with Gasteiger partial charge < -0.3 is 44.4 Å². The quantitative estimate of drug-likeness (QED) is 0.192. The summed E-state index contributed by atoms with van der Waals surface area (Å²) in [6.07, 6.45) is 9.11. The number of carbonyl (C=O) groups is 2. The number of H-pyrrole nitrogens is 2. The molecular formula is C35H50N12O3. The molecule has 50 heavy (non-hydrogen) atoms. The Labute approximate surface area is 294 Å². The van der Waals surface area contributed by atoms with Crippen LogP contribution in [0.2, 0.25) is 0 Å². The molecule has 0 aliphatic carbocycles. The van der Waals surface area contributed by atoms with E-state index in [1.807, 2.05) is 31.6 Å². The highest BCUT2D eigenvalue weighted by Gasteiger charge is 2.33. The van der Waals surface area contributed by atoms with E-state index in [4.69, 9.17) is 13.1 Å². The minimum atomic E-state index is -0.442. The molecule has 0 unspecified atom stereocenters. The lowest BCUT2D eigenvalue weighted by molar-refractivity contribution is -0.140. The fourth-order valence-corrected chi connectivity index (χ4v) is 6.30. The second kappa shape index (κ2) is 19.0. The topological polar surface area (TPSA) is 157 Å². The normalized spacial score (nSPS) is 19.7. The zero-order valence-electron chi connectivity index (χ0n) is 28.9. The Morgan fingerprint density at radius 3 is 2.00 bits per heavy atom. The van der Waals surface area contributed by atoms with Crippen LogP contribution in [0.15, 0.2) is 37.2 Å². The summed E-state index contributed by atoms with van der Waals surface area (Å²) >= 11 is 0. The SMILES string of the molecule is C.C[C@@H]1CCNC[C@@H]1N(C)c1ncnc2[nH]ccc12.[C-]#[N+]CC(=O)N1CC[C@@H](C)[C@@H](N(C)c2ncnc3[nH]ccc23)C1.[C-]#[N+]CC(=O)OCC. The zero-order valence-corrected chi connectivity index (χ0v) is 28.9. The summed E-state index contributed by atoms with van der Waals surface area (Å²) in [6.45, 7) is 23.0. The van der Waals surface area contributed by atoms with Gasteiger partial charge in [-0.2, -0.15) is 0 Å². The first kappa shape index (κ1) is 39.2. The Morgan fingerprint density at radius 1 is 0.900 bits per heavy atom. The van der Waals surface area contributed by atoms with Gasteiger partial charge in [0.1, 0.15) is 35.6 Å². The van der Waals surface area contributed by atoms with Gasteiger partial charge in [0.15, 0.2) is 0 Å². The molecule has 0 spiro atoms. The molecule has 4 aromatic rings. The monoisotopic (exact) mass is 686 g/mol. The molecule has 4 aromatic heterocycles. The summed E-state index contributed by atoms with van der Waals surface area (Å²) in [5.41, 5.74) is 1.72. The number of fused-ring (bicyclic) bond motifs is 2. The zero-order chi connectivity index (χ0) is 35.3. The number of hydrogen-bond donors (Lipinski definition) is 3. The minimum absolute atomic E-state index is 0. The summed E-state index contributed by atoms with van der Waals surface area (Å²) < 4.78 is 4.43. The van der Waals surface area contributed by atoms with E-state index in [2.05, 4.69) is 80.3 Å². The number of nitrogens with zero attached hydrogens (tertiary/aromatic N) is 9. The second-order valence-corrected chi connectivity index (χ2v) is 12.2. The van der Waals surface area contributed by atoms with Gasteiger partial charge in [-0.05, 0) is 50.3 Å². The van der Waals surface area contributed by atoms with Crippen LogP contribution in [0.1, 0.15) is 41.0 Å². The van der Waals surface area contributed by atoms with E-state index >= 15 is 0 Å². The van der Waals surface area contributed by atoms with Crippen molar-refractivity contribution in [2.45, 2.75) is 53.1 Å². The molecule has 0 aromatic carbocycles. The standard InChI is InChI=1S/C16H20N6O.C13H19N5.C5H7NO2.CH4/c1-11-5-7-22(14(23)8-17-2)9-13(11)21(3)16-12-4-6-18-15(12)19-10-20-16;1-9-3-5-14-7-11(9)18(2)13-10-4-6-15-12(10)16-8-17-13;1-3-8-5(7)4-6-2;/h4,6,10-11,13H,5,7-9H2,1,3H3,(H,18,19,20);4,6,8-9,11,14H,3,5,7H2,1-2H3,(H,15,16,17);3-4H2,1H3;1H4/t11-,13+;9-,11+;;/m11../s1. The van der Waals surface area contributed by atoms with Gasteiger partial charge in [0.25, 0.3) is 6.54 Å². The summed E-state index contributed by atoms with van der Waals surface area (Å²) in [5, 5.41) is 5.54. The first-order valence-electron chi connectivity index (χ1n) is 16.5. The summed E-state index contributed by atoms with van der Waals surface area (Å²) in [5.74, 6) is 2.48. The molecule has 2 fully saturated rings. The molecule has 0 saturated carbocycles. The first-order chi connectivity index (χ1) is 23.7. The summed E-state index contributed by atoms with van der Waals surface area (Å²) in [6, 6.07) is 4.68. The number of carbonyl (C=O) groups excluding carboxylic acids is 2. The highest BCUT2D eigenvalue weighted by molar-refractivity contribution is 5.88. The molecule has 1 amide bonds. The van der Waals surface area contributed by atoms with Gasteiger partial charge in [0, 0.05) is 52.2 Å². The largest absolute Gasteiger partial charge is 0.460 e. The number of rotatable bonds is 7. The maximum absolute atomic E-state index is 12.0. The third-order valence-electron chi connectivity index (χ3n) is 9.11. The molecule has 4 atom stereocenters. The summed E-state index contributed by atoms with van der Waals surface area (Å²) in [7, 11) is 4.14. The average molecular weight is 687 g/mol. The highest BCUT2D eigenvalue weighted by Crippen LogP contribution is 2.29. The Balaban J connectivity index is 0.000000223. The minimum Gasteiger partial charge on any atom is -0.460 e. The van der Waals surface area contributed by atoms with Crippen LogP contribution in [0.25, 0.3) is 31.8 Å². The van der Waals surface area contributed by atoms with Crippen molar-refractivity contribution in [3.63, 3.8) is 0 Å². The number of ether oxygens (including phenoxy) is 1. The lowest BCUT2D eigenvalue weighted by atomic mass is 9.92. The van der Waals surface area contributed by atoms with Crippen LogP contribution in [-0.2, 0) is 14.3 Å². The van der Waals surface area contributed by atoms with Crippen molar-refractivity contribution < 1.29 is 14.3 Å². The molecule has 2 aliphatic heterocycles. The Hall–Kier alpha value is -5.28. The fourth-order valence-electron chi connectivity index (χ4n) is 6.30. The van der Waals surface area contributed by atoms with Gasteiger partial charge >= 0.3 is 18.4 Å². The van der Waals surface area contributed by atoms with E-state index in [1.165, 1.54) is 6.42 Å². The molecule has 0 radical (unpaired) electrons. The van der Waals surface area contributed by atoms with Crippen LogP contribution in [-0.4, -0.2) is 119 Å². The molecule has 15 heteroatoms. The fraction of sp³-hybridized carbons (Fsp3) is 0.543. The van der Waals surface area contributed by atoms with Crippen LogP contribution < -0.4 is 15.1 Å². The van der Waals surface area contributed by atoms with Gasteiger partial charge in [-0.3, -0.25) is 4.79 Å². The van der Waals surface area contributed by atoms with Crippen LogP contribution >= 0.6 is 0 Å². The molecule has 0 bridgehead atoms. The second-order valence-electron chi connectivity index (χ2n) is 12.2. The van der Waals surface area contributed by atoms with E-state index < -0.39 is 5.97 Å². The van der Waals surface area contributed by atoms with Crippen LogP contribution in [0.4, 0.5) is 11.6 Å². The van der Waals surface area contributed by atoms with Crippen molar-refractivity contribution in [3.05, 3.63) is 60.0 Å². The van der Waals surface area contributed by atoms with E-state index in [9.17, 15) is 9.59 Å². The number of likely N-dealkylation sites (N-methyl/N-ethyl adjacent to an activating group) is 2. The third kappa shape index (κ3) is 9.66. The lowest BCUT2D eigenvalue weighted by Gasteiger charge is -2.41. The van der Waals surface area contributed by atoms with Crippen molar-refractivity contribution in [1.29, 1.82) is 0 Å². The Morgan fingerprint density at radius 2 is 1.46 bits per heavy atom. The first-order valence-corrected chi connectivity index (χ1v) is 16.5. The number of hydrogen-bond acceptors (Lipinski definition) is 10. The lowest BCUT2D eigenvalue weighted by Crippen LogP contribution is -2.53. The smallest absolute Gasteiger partial charge is 0.387 e. The molecule has 15 nitrogen and oxygen atoms in total. The molecule has 2 aliphatic rings. The Kier molecular flexibility index (Phi) is 14.9.